The minimum Gasteiger partial charge on any atom is -0.478 e. The number of carboxylic acids is 1. The third-order valence-corrected chi connectivity index (χ3v) is 3.10. The van der Waals surface area contributed by atoms with E-state index in [4.69, 9.17) is 5.11 Å². The number of hydrogen-bond donors (Lipinski definition) is 2. The Morgan fingerprint density at radius 2 is 2.00 bits per heavy atom. The van der Waals surface area contributed by atoms with Gasteiger partial charge in [0.25, 0.3) is 0 Å². The number of aromatic nitrogens is 2. The second-order valence-electron chi connectivity index (χ2n) is 4.37. The van der Waals surface area contributed by atoms with Gasteiger partial charge in [0.1, 0.15) is 6.04 Å². The summed E-state index contributed by atoms with van der Waals surface area (Å²) in [5.74, 6) is -1.91. The van der Waals surface area contributed by atoms with Crippen LogP contribution in [-0.4, -0.2) is 33.7 Å². The summed E-state index contributed by atoms with van der Waals surface area (Å²) in [6.07, 6.45) is 0. The lowest BCUT2D eigenvalue weighted by Crippen LogP contribution is -2.40. The predicted octanol–water partition coefficient (Wildman–Crippen LogP) is 0.122. The molecule has 2 rings (SSSR count). The lowest BCUT2D eigenvalue weighted by Gasteiger charge is -2.15. The molecule has 110 valence electrons. The van der Waals surface area contributed by atoms with E-state index < -0.39 is 29.1 Å². The van der Waals surface area contributed by atoms with Crippen LogP contribution < -0.4 is 11.1 Å². The molecule has 0 aliphatic heterocycles. The van der Waals surface area contributed by atoms with Crippen molar-refractivity contribution >= 4 is 23.0 Å². The first-order valence-corrected chi connectivity index (χ1v) is 5.96. The minimum absolute atomic E-state index is 0.0697. The summed E-state index contributed by atoms with van der Waals surface area (Å²) in [4.78, 5) is 48.6. The number of carbonyl (C=O) groups is 2. The molecule has 1 aromatic carbocycles. The van der Waals surface area contributed by atoms with Gasteiger partial charge < -0.3 is 14.8 Å². The van der Waals surface area contributed by atoms with E-state index in [1.807, 2.05) is 0 Å². The van der Waals surface area contributed by atoms with Gasteiger partial charge in [-0.05, 0) is 25.1 Å². The summed E-state index contributed by atoms with van der Waals surface area (Å²) >= 11 is 0. The highest BCUT2D eigenvalue weighted by Crippen LogP contribution is 2.16. The van der Waals surface area contributed by atoms with E-state index in [0.717, 1.165) is 11.7 Å². The maximum Gasteiger partial charge on any atom is 0.335 e. The van der Waals surface area contributed by atoms with Gasteiger partial charge in [0.15, 0.2) is 0 Å². The van der Waals surface area contributed by atoms with Crippen molar-refractivity contribution in [1.29, 1.82) is 0 Å². The quantitative estimate of drug-likeness (QED) is 0.612. The molecule has 0 saturated carbocycles. The number of carbonyl (C=O) groups excluding carboxylic acids is 1. The standard InChI is InChI=1S/C13H12N2O6/c1-6(13(20)21-2)15-9-5-7(12(18)19)3-4-8(9)14-10(16)11(15)17/h3-6H,1-2H3,(H,14,16)(H,18,19). The molecule has 0 aliphatic rings. The number of rotatable bonds is 3. The summed E-state index contributed by atoms with van der Waals surface area (Å²) < 4.78 is 5.48. The molecule has 8 nitrogen and oxygen atoms in total. The van der Waals surface area contributed by atoms with Crippen molar-refractivity contribution in [3.05, 3.63) is 44.5 Å². The Morgan fingerprint density at radius 1 is 1.33 bits per heavy atom. The van der Waals surface area contributed by atoms with Gasteiger partial charge >= 0.3 is 23.1 Å². The maximum atomic E-state index is 12.0. The normalized spacial score (nSPS) is 12.1. The highest BCUT2D eigenvalue weighted by Gasteiger charge is 2.21. The van der Waals surface area contributed by atoms with Crippen LogP contribution in [0.15, 0.2) is 27.8 Å². The number of carboxylic acid groups (broad SMARTS) is 1. The third kappa shape index (κ3) is 2.42. The van der Waals surface area contributed by atoms with Crippen LogP contribution in [-0.2, 0) is 9.53 Å². The predicted molar refractivity (Wildman–Crippen MR) is 72.5 cm³/mol. The van der Waals surface area contributed by atoms with Crippen LogP contribution >= 0.6 is 0 Å². The fourth-order valence-corrected chi connectivity index (χ4v) is 2.02. The first-order valence-electron chi connectivity index (χ1n) is 5.96. The number of aromatic amines is 1. The summed E-state index contributed by atoms with van der Waals surface area (Å²) in [7, 11) is 1.15. The van der Waals surface area contributed by atoms with Crippen molar-refractivity contribution in [2.45, 2.75) is 13.0 Å². The molecule has 0 spiro atoms. The monoisotopic (exact) mass is 292 g/mol. The van der Waals surface area contributed by atoms with Crippen molar-refractivity contribution in [2.75, 3.05) is 7.11 Å². The Kier molecular flexibility index (Phi) is 3.62. The van der Waals surface area contributed by atoms with E-state index in [-0.39, 0.29) is 16.6 Å². The molecule has 1 aromatic heterocycles. The number of fused-ring (bicyclic) bond motifs is 1. The highest BCUT2D eigenvalue weighted by molar-refractivity contribution is 5.92. The van der Waals surface area contributed by atoms with Crippen molar-refractivity contribution in [3.8, 4) is 0 Å². The third-order valence-electron chi connectivity index (χ3n) is 3.10. The van der Waals surface area contributed by atoms with Gasteiger partial charge in [-0.1, -0.05) is 0 Å². The molecule has 2 aromatic rings. The number of nitrogens with zero attached hydrogens (tertiary/aromatic N) is 1. The van der Waals surface area contributed by atoms with Crippen LogP contribution in [0, 0.1) is 0 Å². The van der Waals surface area contributed by atoms with Crippen LogP contribution in [0.3, 0.4) is 0 Å². The number of ether oxygens (including phenoxy) is 1. The summed E-state index contributed by atoms with van der Waals surface area (Å²) in [6, 6.07) is 2.81. The van der Waals surface area contributed by atoms with Gasteiger partial charge in [0.2, 0.25) is 0 Å². The molecule has 0 radical (unpaired) electrons. The highest BCUT2D eigenvalue weighted by atomic mass is 16.5. The average Bonchev–Trinajstić information content (AvgIpc) is 2.46. The molecule has 0 fully saturated rings. The molecular weight excluding hydrogens is 280 g/mol. The van der Waals surface area contributed by atoms with Crippen molar-refractivity contribution in [2.24, 2.45) is 0 Å². The fraction of sp³-hybridized carbons (Fsp3) is 0.231. The molecule has 2 N–H and O–H groups in total. The molecular formula is C13H12N2O6. The van der Waals surface area contributed by atoms with Crippen molar-refractivity contribution in [1.82, 2.24) is 9.55 Å². The van der Waals surface area contributed by atoms with E-state index >= 15 is 0 Å². The number of benzene rings is 1. The molecule has 0 bridgehead atoms. The van der Waals surface area contributed by atoms with Crippen LogP contribution in [0.2, 0.25) is 0 Å². The molecule has 0 aliphatic carbocycles. The molecule has 8 heteroatoms. The SMILES string of the molecule is COC(=O)C(C)n1c(=O)c(=O)[nH]c2ccc(C(=O)O)cc21. The van der Waals surface area contributed by atoms with Crippen LogP contribution in [0.5, 0.6) is 0 Å². The maximum absolute atomic E-state index is 12.0. The molecule has 1 heterocycles. The average molecular weight is 292 g/mol. The van der Waals surface area contributed by atoms with Crippen LogP contribution in [0.25, 0.3) is 11.0 Å². The Morgan fingerprint density at radius 3 is 2.57 bits per heavy atom. The minimum atomic E-state index is -1.19. The summed E-state index contributed by atoms with van der Waals surface area (Å²) in [6.45, 7) is 1.39. The van der Waals surface area contributed by atoms with Gasteiger partial charge in [0, 0.05) is 0 Å². The van der Waals surface area contributed by atoms with Gasteiger partial charge in [-0.3, -0.25) is 14.2 Å². The number of nitrogens with one attached hydrogen (secondary N) is 1. The number of hydrogen-bond acceptors (Lipinski definition) is 5. The molecule has 21 heavy (non-hydrogen) atoms. The van der Waals surface area contributed by atoms with E-state index in [2.05, 4.69) is 9.72 Å². The van der Waals surface area contributed by atoms with Gasteiger partial charge in [-0.2, -0.15) is 0 Å². The Labute approximate surface area is 117 Å². The zero-order chi connectivity index (χ0) is 15.7. The van der Waals surface area contributed by atoms with E-state index in [9.17, 15) is 19.2 Å². The van der Waals surface area contributed by atoms with Crippen LogP contribution in [0.1, 0.15) is 23.3 Å². The summed E-state index contributed by atoms with van der Waals surface area (Å²) in [5.41, 5.74) is -1.54. The number of aromatic carboxylic acids is 1. The van der Waals surface area contributed by atoms with Crippen LogP contribution in [0.4, 0.5) is 0 Å². The lowest BCUT2D eigenvalue weighted by molar-refractivity contribution is -0.144. The van der Waals surface area contributed by atoms with Gasteiger partial charge in [-0.25, -0.2) is 9.59 Å². The number of esters is 1. The zero-order valence-electron chi connectivity index (χ0n) is 11.2. The molecule has 0 saturated heterocycles. The molecule has 1 unspecified atom stereocenters. The zero-order valence-corrected chi connectivity index (χ0v) is 11.2. The van der Waals surface area contributed by atoms with E-state index in [1.165, 1.54) is 25.1 Å². The Bertz CT molecular complexity index is 848. The van der Waals surface area contributed by atoms with Gasteiger partial charge in [-0.15, -0.1) is 0 Å². The largest absolute Gasteiger partial charge is 0.478 e. The number of methoxy groups -OCH3 is 1. The second kappa shape index (κ2) is 5.23. The number of H-pyrrole nitrogens is 1. The van der Waals surface area contributed by atoms with Gasteiger partial charge in [0.05, 0.1) is 23.7 Å². The summed E-state index contributed by atoms with van der Waals surface area (Å²) in [5, 5.41) is 9.00. The second-order valence-corrected chi connectivity index (χ2v) is 4.37. The topological polar surface area (TPSA) is 118 Å². The first kappa shape index (κ1) is 14.5. The fourth-order valence-electron chi connectivity index (χ4n) is 2.02. The van der Waals surface area contributed by atoms with Crippen molar-refractivity contribution < 1.29 is 19.4 Å². The molecule has 0 amide bonds. The smallest absolute Gasteiger partial charge is 0.335 e. The van der Waals surface area contributed by atoms with Crippen molar-refractivity contribution in [3.63, 3.8) is 0 Å². The molecule has 1 atom stereocenters. The van der Waals surface area contributed by atoms with E-state index in [1.54, 1.807) is 0 Å². The van der Waals surface area contributed by atoms with E-state index in [0.29, 0.717) is 0 Å². The first-order chi connectivity index (χ1) is 9.86. The lowest BCUT2D eigenvalue weighted by atomic mass is 10.1. The Hall–Kier alpha value is -2.90. The Balaban J connectivity index is 2.88.